The summed E-state index contributed by atoms with van der Waals surface area (Å²) in [5, 5.41) is 9.02. The third-order valence-electron chi connectivity index (χ3n) is 3.04. The van der Waals surface area contributed by atoms with Crippen LogP contribution in [0.15, 0.2) is 0 Å². The lowest BCUT2D eigenvalue weighted by Gasteiger charge is -2.39. The highest BCUT2D eigenvalue weighted by atomic mass is 16.3. The van der Waals surface area contributed by atoms with Crippen molar-refractivity contribution in [3.63, 3.8) is 0 Å². The van der Waals surface area contributed by atoms with Crippen molar-refractivity contribution in [2.24, 2.45) is 11.7 Å². The summed E-state index contributed by atoms with van der Waals surface area (Å²) in [6, 6.07) is 2.49. The number of nitrogens with two attached hydrogens (primary N) is 1. The molecule has 1 rings (SSSR count). The molecule has 80 valence electrons. The van der Waals surface area contributed by atoms with Crippen molar-refractivity contribution >= 4 is 0 Å². The molecule has 0 spiro atoms. The van der Waals surface area contributed by atoms with Crippen LogP contribution in [0.5, 0.6) is 0 Å². The Morgan fingerprint density at radius 1 is 1.43 bits per heavy atom. The molecule has 1 fully saturated rings. The van der Waals surface area contributed by atoms with Gasteiger partial charge in [-0.25, -0.2) is 0 Å². The summed E-state index contributed by atoms with van der Waals surface area (Å²) in [5.74, 6) is 3.50. The fraction of sp³-hybridized carbons (Fsp3) is 0.818. The molecule has 1 heterocycles. The predicted octanol–water partition coefficient (Wildman–Crippen LogP) is 0.389. The number of piperidine rings is 1. The van der Waals surface area contributed by atoms with E-state index in [1.54, 1.807) is 0 Å². The van der Waals surface area contributed by atoms with Crippen molar-refractivity contribution in [3.8, 4) is 12.0 Å². The van der Waals surface area contributed by atoms with Gasteiger partial charge in [0.05, 0.1) is 5.54 Å². The van der Waals surface area contributed by atoms with E-state index in [0.717, 1.165) is 25.9 Å². The molecule has 1 aliphatic rings. The fourth-order valence-electron chi connectivity index (χ4n) is 1.93. The molecule has 14 heavy (non-hydrogen) atoms. The van der Waals surface area contributed by atoms with E-state index in [9.17, 15) is 0 Å². The average molecular weight is 196 g/mol. The number of nitrogens with zero attached hydrogens (tertiary/aromatic N) is 1. The fourth-order valence-corrected chi connectivity index (χ4v) is 1.93. The number of hydrogen-bond acceptors (Lipinski definition) is 3. The summed E-state index contributed by atoms with van der Waals surface area (Å²) in [4.78, 5) is 2.33. The van der Waals surface area contributed by atoms with E-state index in [1.807, 2.05) is 0 Å². The van der Waals surface area contributed by atoms with Gasteiger partial charge in [0.15, 0.2) is 0 Å². The minimum Gasteiger partial charge on any atom is -0.396 e. The molecule has 0 aromatic carbocycles. The first-order valence-electron chi connectivity index (χ1n) is 5.19. The largest absolute Gasteiger partial charge is 0.396 e. The van der Waals surface area contributed by atoms with Crippen molar-refractivity contribution in [3.05, 3.63) is 0 Å². The first kappa shape index (κ1) is 11.4. The molecule has 1 aliphatic heterocycles. The van der Waals surface area contributed by atoms with Crippen LogP contribution in [0.4, 0.5) is 0 Å². The molecule has 3 N–H and O–H groups in total. The van der Waals surface area contributed by atoms with E-state index in [1.165, 1.54) is 0 Å². The minimum absolute atomic E-state index is 0.130. The van der Waals surface area contributed by atoms with Crippen molar-refractivity contribution in [2.45, 2.75) is 32.2 Å². The van der Waals surface area contributed by atoms with Crippen LogP contribution < -0.4 is 5.73 Å². The third kappa shape index (κ3) is 2.63. The van der Waals surface area contributed by atoms with Crippen molar-refractivity contribution < 1.29 is 5.11 Å². The maximum atomic E-state index is 9.02. The highest BCUT2D eigenvalue weighted by Gasteiger charge is 2.28. The average Bonchev–Trinajstić information content (AvgIpc) is 2.18. The number of aliphatic hydroxyl groups is 1. The van der Waals surface area contributed by atoms with Gasteiger partial charge >= 0.3 is 0 Å². The van der Waals surface area contributed by atoms with Crippen LogP contribution in [0.25, 0.3) is 0 Å². The maximum Gasteiger partial charge on any atom is 0.0787 e. The number of hydrogen-bond donors (Lipinski definition) is 2. The van der Waals surface area contributed by atoms with Crippen LogP contribution in [-0.2, 0) is 0 Å². The van der Waals surface area contributed by atoms with Crippen LogP contribution in [-0.4, -0.2) is 35.2 Å². The second kappa shape index (κ2) is 4.68. The summed E-state index contributed by atoms with van der Waals surface area (Å²) >= 11 is 0. The Labute approximate surface area is 86.3 Å². The Morgan fingerprint density at radius 3 is 2.43 bits per heavy atom. The Balaban J connectivity index is 2.51. The van der Waals surface area contributed by atoms with Crippen LogP contribution in [0.1, 0.15) is 26.7 Å². The zero-order chi connectivity index (χ0) is 10.6. The van der Waals surface area contributed by atoms with Crippen LogP contribution in [0.2, 0.25) is 0 Å². The van der Waals surface area contributed by atoms with E-state index in [0.29, 0.717) is 12.5 Å². The van der Waals surface area contributed by atoms with Gasteiger partial charge in [-0.05, 0) is 45.7 Å². The molecule has 1 saturated heterocycles. The van der Waals surface area contributed by atoms with E-state index in [4.69, 9.17) is 10.8 Å². The summed E-state index contributed by atoms with van der Waals surface area (Å²) < 4.78 is 0. The van der Waals surface area contributed by atoms with Gasteiger partial charge in [0.1, 0.15) is 0 Å². The number of likely N-dealkylation sites (tertiary alicyclic amines) is 1. The first-order chi connectivity index (χ1) is 6.60. The molecular formula is C11H20N2O. The first-order valence-corrected chi connectivity index (χ1v) is 5.19. The van der Waals surface area contributed by atoms with Gasteiger partial charge in [0.25, 0.3) is 0 Å². The maximum absolute atomic E-state index is 9.02. The molecule has 0 aromatic rings. The Hall–Kier alpha value is -0.720. The molecule has 3 nitrogen and oxygen atoms in total. The smallest absolute Gasteiger partial charge is 0.0787 e. The van der Waals surface area contributed by atoms with Crippen molar-refractivity contribution in [2.75, 3.05) is 19.7 Å². The SMILES string of the molecule is CC(C)(C#CN)N1CCC(CO)CC1. The van der Waals surface area contributed by atoms with Crippen molar-refractivity contribution in [1.29, 1.82) is 0 Å². The lowest BCUT2D eigenvalue weighted by atomic mass is 9.93. The molecule has 0 unspecified atom stereocenters. The molecule has 0 aromatic heterocycles. The van der Waals surface area contributed by atoms with Gasteiger partial charge in [-0.3, -0.25) is 4.90 Å². The lowest BCUT2D eigenvalue weighted by molar-refractivity contribution is 0.0861. The zero-order valence-corrected chi connectivity index (χ0v) is 9.08. The van der Waals surface area contributed by atoms with Gasteiger partial charge in [-0.1, -0.05) is 5.92 Å². The second-order valence-electron chi connectivity index (χ2n) is 4.44. The summed E-state index contributed by atoms with van der Waals surface area (Å²) in [6.45, 7) is 6.51. The highest BCUT2D eigenvalue weighted by Crippen LogP contribution is 2.23. The van der Waals surface area contributed by atoms with Gasteiger partial charge in [-0.15, -0.1) is 0 Å². The summed E-state index contributed by atoms with van der Waals surface area (Å²) in [7, 11) is 0. The quantitative estimate of drug-likeness (QED) is 0.496. The highest BCUT2D eigenvalue weighted by molar-refractivity contribution is 5.13. The molecule has 0 radical (unpaired) electrons. The normalized spacial score (nSPS) is 20.2. The Kier molecular flexibility index (Phi) is 3.79. The number of aliphatic hydroxyl groups excluding tert-OH is 1. The lowest BCUT2D eigenvalue weighted by Crippen LogP contribution is -2.47. The second-order valence-corrected chi connectivity index (χ2v) is 4.44. The standard InChI is InChI=1S/C11H20N2O/c1-11(2,5-6-12)13-7-3-10(9-14)4-8-13/h10,14H,3-4,7-9,12H2,1-2H3. The molecule has 0 amide bonds. The van der Waals surface area contributed by atoms with Crippen molar-refractivity contribution in [1.82, 2.24) is 4.90 Å². The summed E-state index contributed by atoms with van der Waals surface area (Å²) in [5.41, 5.74) is 5.12. The molecular weight excluding hydrogens is 176 g/mol. The molecule has 0 aliphatic carbocycles. The van der Waals surface area contributed by atoms with E-state index in [-0.39, 0.29) is 5.54 Å². The monoisotopic (exact) mass is 196 g/mol. The van der Waals surface area contributed by atoms with Crippen LogP contribution in [0.3, 0.4) is 0 Å². The van der Waals surface area contributed by atoms with E-state index in [2.05, 4.69) is 30.7 Å². The molecule has 0 saturated carbocycles. The molecule has 0 atom stereocenters. The number of rotatable bonds is 2. The van der Waals surface area contributed by atoms with Gasteiger partial charge in [-0.2, -0.15) is 0 Å². The molecule has 3 heteroatoms. The Morgan fingerprint density at radius 2 is 2.00 bits per heavy atom. The van der Waals surface area contributed by atoms with E-state index >= 15 is 0 Å². The predicted molar refractivity (Wildman–Crippen MR) is 57.4 cm³/mol. The van der Waals surface area contributed by atoms with Crippen LogP contribution >= 0.6 is 0 Å². The van der Waals surface area contributed by atoms with Crippen LogP contribution in [0, 0.1) is 17.9 Å². The minimum atomic E-state index is -0.130. The molecule has 0 bridgehead atoms. The summed E-state index contributed by atoms with van der Waals surface area (Å²) in [6.07, 6.45) is 2.12. The van der Waals surface area contributed by atoms with Gasteiger partial charge in [0.2, 0.25) is 0 Å². The van der Waals surface area contributed by atoms with E-state index < -0.39 is 0 Å². The van der Waals surface area contributed by atoms with Gasteiger partial charge in [0, 0.05) is 12.7 Å². The third-order valence-corrected chi connectivity index (χ3v) is 3.04. The zero-order valence-electron chi connectivity index (χ0n) is 9.08. The topological polar surface area (TPSA) is 49.5 Å². The Bertz CT molecular complexity index is 231. The van der Waals surface area contributed by atoms with Gasteiger partial charge < -0.3 is 10.8 Å².